The van der Waals surface area contributed by atoms with E-state index in [1.165, 1.54) is 58.3 Å². The van der Waals surface area contributed by atoms with Crippen molar-refractivity contribution >= 4 is 0 Å². The van der Waals surface area contributed by atoms with E-state index in [4.69, 9.17) is 0 Å². The Morgan fingerprint density at radius 1 is 1.11 bits per heavy atom. The van der Waals surface area contributed by atoms with Gasteiger partial charge in [0.15, 0.2) is 0 Å². The molecule has 2 heterocycles. The second kappa shape index (κ2) is 6.88. The Labute approximate surface area is 113 Å². The van der Waals surface area contributed by atoms with Gasteiger partial charge in [-0.2, -0.15) is 0 Å². The maximum atomic E-state index is 3.76. The van der Waals surface area contributed by atoms with Crippen molar-refractivity contribution in [2.75, 3.05) is 33.2 Å². The van der Waals surface area contributed by atoms with Crippen molar-refractivity contribution < 1.29 is 0 Å². The predicted octanol–water partition coefficient (Wildman–Crippen LogP) is 1.93. The van der Waals surface area contributed by atoms with Crippen molar-refractivity contribution in [1.29, 1.82) is 0 Å². The van der Waals surface area contributed by atoms with Crippen LogP contribution < -0.4 is 5.32 Å². The summed E-state index contributed by atoms with van der Waals surface area (Å²) in [7, 11) is 2.27. The Hall–Kier alpha value is -0.120. The molecule has 2 aliphatic rings. The van der Waals surface area contributed by atoms with Crippen LogP contribution in [0.15, 0.2) is 0 Å². The fourth-order valence-corrected chi connectivity index (χ4v) is 3.49. The predicted molar refractivity (Wildman–Crippen MR) is 78.0 cm³/mol. The highest BCUT2D eigenvalue weighted by molar-refractivity contribution is 4.84. The lowest BCUT2D eigenvalue weighted by molar-refractivity contribution is 0.0953. The number of nitrogens with one attached hydrogen (secondary N) is 1. The first-order chi connectivity index (χ1) is 8.69. The Morgan fingerprint density at radius 2 is 1.89 bits per heavy atom. The molecule has 3 heteroatoms. The van der Waals surface area contributed by atoms with E-state index in [0.29, 0.717) is 6.04 Å². The van der Waals surface area contributed by atoms with Crippen molar-refractivity contribution in [3.63, 3.8) is 0 Å². The van der Waals surface area contributed by atoms with Gasteiger partial charge in [0.25, 0.3) is 0 Å². The van der Waals surface area contributed by atoms with Crippen molar-refractivity contribution in [2.45, 2.75) is 64.1 Å². The molecule has 0 bridgehead atoms. The first kappa shape index (κ1) is 14.3. The highest BCUT2D eigenvalue weighted by atomic mass is 15.2. The van der Waals surface area contributed by atoms with Gasteiger partial charge in [-0.15, -0.1) is 0 Å². The van der Waals surface area contributed by atoms with Crippen molar-refractivity contribution in [2.24, 2.45) is 0 Å². The molecule has 2 saturated heterocycles. The lowest BCUT2D eigenvalue weighted by atomic mass is 10.0. The number of nitrogens with zero attached hydrogens (tertiary/aromatic N) is 2. The molecular weight excluding hydrogens is 222 g/mol. The number of likely N-dealkylation sites (N-methyl/N-ethyl adjacent to an activating group) is 1. The second-order valence-electron chi connectivity index (χ2n) is 6.34. The fraction of sp³-hybridized carbons (Fsp3) is 1.00. The van der Waals surface area contributed by atoms with E-state index in [0.717, 1.165) is 12.1 Å². The van der Waals surface area contributed by atoms with Gasteiger partial charge >= 0.3 is 0 Å². The van der Waals surface area contributed by atoms with Gasteiger partial charge in [-0.3, -0.25) is 4.90 Å². The molecule has 1 N–H and O–H groups in total. The third-order valence-electron chi connectivity index (χ3n) is 4.74. The van der Waals surface area contributed by atoms with Crippen LogP contribution in [0.4, 0.5) is 0 Å². The molecule has 0 aromatic heterocycles. The summed E-state index contributed by atoms with van der Waals surface area (Å²) in [6.07, 6.45) is 6.67. The van der Waals surface area contributed by atoms with Gasteiger partial charge in [0.2, 0.25) is 0 Å². The SMILES string of the molecule is CCC1CCN(C2CCCN(C)C2)CCC(C)N1. The number of hydrogen-bond acceptors (Lipinski definition) is 3. The lowest BCUT2D eigenvalue weighted by Gasteiger charge is -2.40. The largest absolute Gasteiger partial charge is 0.311 e. The van der Waals surface area contributed by atoms with Crippen LogP contribution in [0.3, 0.4) is 0 Å². The normalized spacial score (nSPS) is 37.2. The zero-order valence-corrected chi connectivity index (χ0v) is 12.5. The zero-order chi connectivity index (χ0) is 13.0. The third-order valence-corrected chi connectivity index (χ3v) is 4.74. The summed E-state index contributed by atoms with van der Waals surface area (Å²) in [5.74, 6) is 0. The van der Waals surface area contributed by atoms with Crippen LogP contribution in [0.1, 0.15) is 46.0 Å². The molecule has 0 aromatic carbocycles. The number of likely N-dealkylation sites (tertiary alicyclic amines) is 1. The monoisotopic (exact) mass is 253 g/mol. The van der Waals surface area contributed by atoms with Gasteiger partial charge in [-0.25, -0.2) is 0 Å². The minimum Gasteiger partial charge on any atom is -0.311 e. The lowest BCUT2D eigenvalue weighted by Crippen LogP contribution is -2.51. The van der Waals surface area contributed by atoms with E-state index in [9.17, 15) is 0 Å². The Bertz CT molecular complexity index is 244. The molecule has 2 aliphatic heterocycles. The molecule has 106 valence electrons. The molecule has 2 rings (SSSR count). The van der Waals surface area contributed by atoms with Crippen LogP contribution in [0.25, 0.3) is 0 Å². The quantitative estimate of drug-likeness (QED) is 0.811. The maximum Gasteiger partial charge on any atom is 0.0223 e. The molecule has 0 saturated carbocycles. The van der Waals surface area contributed by atoms with Crippen LogP contribution in [0.2, 0.25) is 0 Å². The summed E-state index contributed by atoms with van der Waals surface area (Å²) >= 11 is 0. The van der Waals surface area contributed by atoms with Crippen LogP contribution in [0.5, 0.6) is 0 Å². The Kier molecular flexibility index (Phi) is 5.46. The molecule has 3 atom stereocenters. The van der Waals surface area contributed by atoms with Gasteiger partial charge in [-0.05, 0) is 65.7 Å². The smallest absolute Gasteiger partial charge is 0.0223 e. The van der Waals surface area contributed by atoms with E-state index >= 15 is 0 Å². The summed E-state index contributed by atoms with van der Waals surface area (Å²) in [6, 6.07) is 2.22. The summed E-state index contributed by atoms with van der Waals surface area (Å²) in [4.78, 5) is 5.28. The molecule has 0 aliphatic carbocycles. The van der Waals surface area contributed by atoms with E-state index in [-0.39, 0.29) is 0 Å². The van der Waals surface area contributed by atoms with Gasteiger partial charge in [0, 0.05) is 24.7 Å². The maximum absolute atomic E-state index is 3.76. The van der Waals surface area contributed by atoms with Crippen LogP contribution in [-0.4, -0.2) is 61.2 Å². The fourth-order valence-electron chi connectivity index (χ4n) is 3.49. The summed E-state index contributed by atoms with van der Waals surface area (Å²) in [5.41, 5.74) is 0. The second-order valence-corrected chi connectivity index (χ2v) is 6.34. The number of piperidine rings is 1. The van der Waals surface area contributed by atoms with E-state index in [1.807, 2.05) is 0 Å². The van der Waals surface area contributed by atoms with Crippen molar-refractivity contribution in [3.05, 3.63) is 0 Å². The van der Waals surface area contributed by atoms with E-state index in [2.05, 4.69) is 36.0 Å². The van der Waals surface area contributed by atoms with E-state index < -0.39 is 0 Å². The third kappa shape index (κ3) is 3.94. The highest BCUT2D eigenvalue weighted by Gasteiger charge is 2.26. The average Bonchev–Trinajstić information content (AvgIpc) is 2.34. The first-order valence-corrected chi connectivity index (χ1v) is 7.87. The van der Waals surface area contributed by atoms with Gasteiger partial charge < -0.3 is 10.2 Å². The molecule has 18 heavy (non-hydrogen) atoms. The standard InChI is InChI=1S/C15H31N3/c1-4-14-8-11-18(10-7-13(2)16-14)15-6-5-9-17(3)12-15/h13-16H,4-12H2,1-3H3. The molecular formula is C15H31N3. The summed E-state index contributed by atoms with van der Waals surface area (Å²) in [5, 5.41) is 3.76. The first-order valence-electron chi connectivity index (χ1n) is 7.87. The minimum absolute atomic E-state index is 0.680. The van der Waals surface area contributed by atoms with Crippen molar-refractivity contribution in [3.8, 4) is 0 Å². The molecule has 3 nitrogen and oxygen atoms in total. The van der Waals surface area contributed by atoms with Gasteiger partial charge in [-0.1, -0.05) is 6.92 Å². The highest BCUT2D eigenvalue weighted by Crippen LogP contribution is 2.18. The van der Waals surface area contributed by atoms with Crippen LogP contribution in [-0.2, 0) is 0 Å². The molecule has 0 aromatic rings. The van der Waals surface area contributed by atoms with Crippen molar-refractivity contribution in [1.82, 2.24) is 15.1 Å². The Morgan fingerprint density at radius 3 is 2.61 bits per heavy atom. The molecule has 3 unspecified atom stereocenters. The van der Waals surface area contributed by atoms with Gasteiger partial charge in [0.1, 0.15) is 0 Å². The van der Waals surface area contributed by atoms with Gasteiger partial charge in [0.05, 0.1) is 0 Å². The number of rotatable bonds is 2. The topological polar surface area (TPSA) is 18.5 Å². The van der Waals surface area contributed by atoms with Crippen LogP contribution in [0, 0.1) is 0 Å². The minimum atomic E-state index is 0.680. The number of hydrogen-bond donors (Lipinski definition) is 1. The zero-order valence-electron chi connectivity index (χ0n) is 12.5. The summed E-state index contributed by atoms with van der Waals surface area (Å²) < 4.78 is 0. The molecule has 0 amide bonds. The van der Waals surface area contributed by atoms with E-state index in [1.54, 1.807) is 0 Å². The summed E-state index contributed by atoms with van der Waals surface area (Å²) in [6.45, 7) is 9.79. The molecule has 2 fully saturated rings. The molecule has 0 radical (unpaired) electrons. The average molecular weight is 253 g/mol. The van der Waals surface area contributed by atoms with Crippen LogP contribution >= 0.6 is 0 Å². The Balaban J connectivity index is 1.90. The molecule has 0 spiro atoms.